The Bertz CT molecular complexity index is 1190. The Morgan fingerprint density at radius 1 is 1.16 bits per heavy atom. The zero-order valence-corrected chi connectivity index (χ0v) is 17.6. The molecule has 0 aliphatic heterocycles. The van der Waals surface area contributed by atoms with Crippen LogP contribution in [0, 0.1) is 17.6 Å². The molecule has 11 heteroatoms. The van der Waals surface area contributed by atoms with Crippen molar-refractivity contribution in [1.82, 2.24) is 20.3 Å². The standard InChI is InChI=1S/C20H21F2N5O3S/c1-12(2)19(20(28)24-10-14-9-15(21)5-8-17(14)22)27-11-18(25-26-27)13-3-6-16(7-4-13)31(23,29)30/h3-9,11-12,19H,10H2,1-2H3,(H,24,28)(H2,23,29,30). The number of carbonyl (C=O) groups is 1. The molecule has 0 fully saturated rings. The number of rotatable bonds is 7. The molecule has 0 spiro atoms. The van der Waals surface area contributed by atoms with E-state index in [0.29, 0.717) is 11.3 Å². The van der Waals surface area contributed by atoms with Gasteiger partial charge >= 0.3 is 0 Å². The van der Waals surface area contributed by atoms with Gasteiger partial charge in [-0.15, -0.1) is 5.10 Å². The van der Waals surface area contributed by atoms with Crippen LogP contribution in [0.3, 0.4) is 0 Å². The molecule has 0 radical (unpaired) electrons. The van der Waals surface area contributed by atoms with Gasteiger partial charge in [-0.1, -0.05) is 31.2 Å². The van der Waals surface area contributed by atoms with Gasteiger partial charge in [0.1, 0.15) is 23.4 Å². The van der Waals surface area contributed by atoms with Gasteiger partial charge < -0.3 is 5.32 Å². The van der Waals surface area contributed by atoms with Crippen molar-refractivity contribution < 1.29 is 22.0 Å². The maximum absolute atomic E-state index is 13.8. The summed E-state index contributed by atoms with van der Waals surface area (Å²) in [5, 5.41) is 15.8. The van der Waals surface area contributed by atoms with Gasteiger partial charge in [-0.25, -0.2) is 27.0 Å². The second kappa shape index (κ2) is 8.90. The Morgan fingerprint density at radius 3 is 2.45 bits per heavy atom. The number of hydrogen-bond donors (Lipinski definition) is 2. The fraction of sp³-hybridized carbons (Fsp3) is 0.250. The predicted octanol–water partition coefficient (Wildman–Crippen LogP) is 2.38. The molecule has 3 rings (SSSR count). The van der Waals surface area contributed by atoms with Crippen molar-refractivity contribution in [2.24, 2.45) is 11.1 Å². The highest BCUT2D eigenvalue weighted by molar-refractivity contribution is 7.89. The Labute approximate surface area is 178 Å². The molecule has 31 heavy (non-hydrogen) atoms. The van der Waals surface area contributed by atoms with Crippen LogP contribution in [0.15, 0.2) is 53.6 Å². The summed E-state index contributed by atoms with van der Waals surface area (Å²) in [6.07, 6.45) is 1.55. The van der Waals surface area contributed by atoms with Crippen molar-refractivity contribution in [1.29, 1.82) is 0 Å². The number of halogens is 2. The fourth-order valence-electron chi connectivity index (χ4n) is 3.05. The first-order valence-corrected chi connectivity index (χ1v) is 10.9. The molecule has 3 N–H and O–H groups in total. The van der Waals surface area contributed by atoms with Gasteiger partial charge in [0.2, 0.25) is 15.9 Å². The minimum absolute atomic E-state index is 0.0325. The molecule has 1 unspecified atom stereocenters. The quantitative estimate of drug-likeness (QED) is 0.574. The van der Waals surface area contributed by atoms with Crippen LogP contribution in [0.25, 0.3) is 11.3 Å². The highest BCUT2D eigenvalue weighted by atomic mass is 32.2. The maximum Gasteiger partial charge on any atom is 0.245 e. The van der Waals surface area contributed by atoms with Crippen molar-refractivity contribution in [2.45, 2.75) is 31.3 Å². The lowest BCUT2D eigenvalue weighted by Gasteiger charge is -2.20. The SMILES string of the molecule is CC(C)C(C(=O)NCc1cc(F)ccc1F)n1cc(-c2ccc(S(N)(=O)=O)cc2)nn1. The van der Waals surface area contributed by atoms with Crippen LogP contribution >= 0.6 is 0 Å². The molecular formula is C20H21F2N5O3S. The first-order chi connectivity index (χ1) is 14.6. The number of sulfonamides is 1. The lowest BCUT2D eigenvalue weighted by molar-refractivity contribution is -0.126. The van der Waals surface area contributed by atoms with Crippen molar-refractivity contribution >= 4 is 15.9 Å². The number of nitrogens with zero attached hydrogens (tertiary/aromatic N) is 3. The molecule has 8 nitrogen and oxygen atoms in total. The molecule has 1 heterocycles. The second-order valence-electron chi connectivity index (χ2n) is 7.30. The van der Waals surface area contributed by atoms with Crippen LogP contribution in [-0.4, -0.2) is 29.3 Å². The summed E-state index contributed by atoms with van der Waals surface area (Å²) in [5.74, 6) is -1.83. The molecule has 1 aromatic heterocycles. The number of aromatic nitrogens is 3. The third-order valence-corrected chi connectivity index (χ3v) is 5.56. The van der Waals surface area contributed by atoms with E-state index in [1.165, 1.54) is 28.9 Å². The topological polar surface area (TPSA) is 120 Å². The van der Waals surface area contributed by atoms with E-state index in [-0.39, 0.29) is 22.9 Å². The van der Waals surface area contributed by atoms with Gasteiger partial charge in [0.15, 0.2) is 0 Å². The van der Waals surface area contributed by atoms with E-state index >= 15 is 0 Å². The van der Waals surface area contributed by atoms with E-state index < -0.39 is 33.6 Å². The zero-order chi connectivity index (χ0) is 22.8. The highest BCUT2D eigenvalue weighted by Crippen LogP contribution is 2.23. The average Bonchev–Trinajstić information content (AvgIpc) is 3.17. The summed E-state index contributed by atoms with van der Waals surface area (Å²) in [5.41, 5.74) is 1.05. The minimum Gasteiger partial charge on any atom is -0.350 e. The Morgan fingerprint density at radius 2 is 1.84 bits per heavy atom. The van der Waals surface area contributed by atoms with Crippen LogP contribution in [-0.2, 0) is 21.4 Å². The molecule has 164 valence electrons. The van der Waals surface area contributed by atoms with Gasteiger partial charge in [0, 0.05) is 17.7 Å². The first kappa shape index (κ1) is 22.5. The Hall–Kier alpha value is -3.18. The molecule has 0 aliphatic carbocycles. The van der Waals surface area contributed by atoms with Crippen LogP contribution in [0.5, 0.6) is 0 Å². The molecule has 0 saturated heterocycles. The summed E-state index contributed by atoms with van der Waals surface area (Å²) in [4.78, 5) is 12.7. The van der Waals surface area contributed by atoms with Crippen LogP contribution in [0.2, 0.25) is 0 Å². The van der Waals surface area contributed by atoms with E-state index in [9.17, 15) is 22.0 Å². The molecule has 0 aliphatic rings. The van der Waals surface area contributed by atoms with Gasteiger partial charge in [-0.3, -0.25) is 4.79 Å². The van der Waals surface area contributed by atoms with Crippen molar-refractivity contribution in [3.05, 3.63) is 65.9 Å². The third-order valence-electron chi connectivity index (χ3n) is 4.63. The van der Waals surface area contributed by atoms with Crippen molar-refractivity contribution in [3.8, 4) is 11.3 Å². The van der Waals surface area contributed by atoms with Crippen LogP contribution < -0.4 is 10.5 Å². The van der Waals surface area contributed by atoms with E-state index in [1.807, 2.05) is 13.8 Å². The molecule has 0 bridgehead atoms. The molecule has 1 amide bonds. The lowest BCUT2D eigenvalue weighted by Crippen LogP contribution is -2.35. The van der Waals surface area contributed by atoms with Gasteiger partial charge in [0.25, 0.3) is 0 Å². The van der Waals surface area contributed by atoms with E-state index in [2.05, 4.69) is 15.6 Å². The molecule has 0 saturated carbocycles. The number of nitrogens with one attached hydrogen (secondary N) is 1. The maximum atomic E-state index is 13.8. The number of nitrogens with two attached hydrogens (primary N) is 1. The monoisotopic (exact) mass is 449 g/mol. The van der Waals surface area contributed by atoms with Gasteiger partial charge in [-0.05, 0) is 36.2 Å². The van der Waals surface area contributed by atoms with Crippen LogP contribution in [0.4, 0.5) is 8.78 Å². The average molecular weight is 449 g/mol. The van der Waals surface area contributed by atoms with Gasteiger partial charge in [0.05, 0.1) is 11.1 Å². The summed E-state index contributed by atoms with van der Waals surface area (Å²) in [7, 11) is -3.81. The largest absolute Gasteiger partial charge is 0.350 e. The molecule has 1 atom stereocenters. The zero-order valence-electron chi connectivity index (χ0n) is 16.8. The van der Waals surface area contributed by atoms with Crippen molar-refractivity contribution in [3.63, 3.8) is 0 Å². The summed E-state index contributed by atoms with van der Waals surface area (Å²) in [6, 6.07) is 8.05. The fourth-order valence-corrected chi connectivity index (χ4v) is 3.57. The number of amides is 1. The Balaban J connectivity index is 1.78. The molecule has 2 aromatic carbocycles. The number of carbonyl (C=O) groups excluding carboxylic acids is 1. The third kappa shape index (κ3) is 5.30. The van der Waals surface area contributed by atoms with E-state index in [4.69, 9.17) is 5.14 Å². The minimum atomic E-state index is -3.81. The smallest absolute Gasteiger partial charge is 0.245 e. The highest BCUT2D eigenvalue weighted by Gasteiger charge is 2.26. The van der Waals surface area contributed by atoms with Gasteiger partial charge in [-0.2, -0.15) is 0 Å². The van der Waals surface area contributed by atoms with E-state index in [1.54, 1.807) is 6.20 Å². The van der Waals surface area contributed by atoms with Crippen molar-refractivity contribution in [2.75, 3.05) is 0 Å². The normalized spacial score (nSPS) is 12.7. The molecule has 3 aromatic rings. The number of benzene rings is 2. The number of primary sulfonamides is 1. The lowest BCUT2D eigenvalue weighted by atomic mass is 10.0. The van der Waals surface area contributed by atoms with Crippen LogP contribution in [0.1, 0.15) is 25.5 Å². The Kier molecular flexibility index (Phi) is 6.46. The summed E-state index contributed by atoms with van der Waals surface area (Å²) >= 11 is 0. The predicted molar refractivity (Wildman–Crippen MR) is 109 cm³/mol. The molecular weight excluding hydrogens is 428 g/mol. The summed E-state index contributed by atoms with van der Waals surface area (Å²) < 4.78 is 51.3. The van der Waals surface area contributed by atoms with E-state index in [0.717, 1.165) is 18.2 Å². The first-order valence-electron chi connectivity index (χ1n) is 9.33. The second-order valence-corrected chi connectivity index (χ2v) is 8.86. The summed E-state index contributed by atoms with van der Waals surface area (Å²) in [6.45, 7) is 3.45. The number of hydrogen-bond acceptors (Lipinski definition) is 5.